The highest BCUT2D eigenvalue weighted by Gasteiger charge is 2.16. The molecule has 0 aromatic heterocycles. The van der Waals surface area contributed by atoms with Gasteiger partial charge in [0.2, 0.25) is 0 Å². The Morgan fingerprint density at radius 3 is 2.68 bits per heavy atom. The summed E-state index contributed by atoms with van der Waals surface area (Å²) in [6.45, 7) is 1.64. The molecule has 19 heavy (non-hydrogen) atoms. The summed E-state index contributed by atoms with van der Waals surface area (Å²) in [5, 5.41) is 4.07. The quantitative estimate of drug-likeness (QED) is 0.921. The van der Waals surface area contributed by atoms with Crippen LogP contribution in [0.2, 0.25) is 5.02 Å². The van der Waals surface area contributed by atoms with Crippen molar-refractivity contribution in [3.05, 3.63) is 17.2 Å². The van der Waals surface area contributed by atoms with Crippen molar-refractivity contribution < 1.29 is 14.2 Å². The molecule has 1 aromatic rings. The van der Waals surface area contributed by atoms with Crippen LogP contribution in [0.1, 0.15) is 19.3 Å². The molecule has 1 N–H and O–H groups in total. The molecule has 0 bridgehead atoms. The van der Waals surface area contributed by atoms with Gasteiger partial charge in [0.15, 0.2) is 0 Å². The van der Waals surface area contributed by atoms with E-state index in [1.54, 1.807) is 20.3 Å². The second-order valence-corrected chi connectivity index (χ2v) is 4.98. The van der Waals surface area contributed by atoms with Crippen molar-refractivity contribution >= 4 is 17.3 Å². The van der Waals surface area contributed by atoms with E-state index in [9.17, 15) is 0 Å². The molecule has 106 valence electrons. The summed E-state index contributed by atoms with van der Waals surface area (Å²) in [5.74, 6) is 1.36. The molecule has 1 aromatic carbocycles. The highest BCUT2D eigenvalue weighted by Crippen LogP contribution is 2.36. The van der Waals surface area contributed by atoms with Gasteiger partial charge in [-0.1, -0.05) is 11.6 Å². The number of anilines is 1. The van der Waals surface area contributed by atoms with Crippen molar-refractivity contribution in [1.29, 1.82) is 0 Å². The maximum absolute atomic E-state index is 6.16. The van der Waals surface area contributed by atoms with Crippen molar-refractivity contribution in [1.82, 2.24) is 0 Å². The van der Waals surface area contributed by atoms with Crippen LogP contribution in [-0.4, -0.2) is 33.5 Å². The molecule has 2 rings (SSSR count). The third-order valence-corrected chi connectivity index (χ3v) is 3.58. The van der Waals surface area contributed by atoms with Gasteiger partial charge in [-0.05, 0) is 25.3 Å². The highest BCUT2D eigenvalue weighted by molar-refractivity contribution is 6.32. The second kappa shape index (κ2) is 6.87. The van der Waals surface area contributed by atoms with E-state index < -0.39 is 0 Å². The Labute approximate surface area is 119 Å². The Morgan fingerprint density at radius 2 is 1.95 bits per heavy atom. The molecular weight excluding hydrogens is 266 g/mol. The molecule has 0 radical (unpaired) electrons. The number of nitrogens with one attached hydrogen (secondary N) is 1. The number of rotatable bonds is 4. The summed E-state index contributed by atoms with van der Waals surface area (Å²) in [6.07, 6.45) is 3.16. The van der Waals surface area contributed by atoms with E-state index in [1.807, 2.05) is 6.07 Å². The maximum atomic E-state index is 6.16. The lowest BCUT2D eigenvalue weighted by molar-refractivity contribution is 0.144. The fourth-order valence-corrected chi connectivity index (χ4v) is 2.48. The predicted octanol–water partition coefficient (Wildman–Crippen LogP) is 3.34. The second-order valence-electron chi connectivity index (χ2n) is 4.57. The minimum absolute atomic E-state index is 0.390. The minimum atomic E-state index is 0.390. The lowest BCUT2D eigenvalue weighted by atomic mass is 10.1. The number of ether oxygens (including phenoxy) is 3. The zero-order chi connectivity index (χ0) is 13.7. The predicted molar refractivity (Wildman–Crippen MR) is 76.6 cm³/mol. The molecule has 1 atom stereocenters. The number of halogens is 1. The van der Waals surface area contributed by atoms with Gasteiger partial charge in [0.25, 0.3) is 0 Å². The van der Waals surface area contributed by atoms with Gasteiger partial charge in [0.05, 0.1) is 24.9 Å². The van der Waals surface area contributed by atoms with Crippen LogP contribution < -0.4 is 14.8 Å². The topological polar surface area (TPSA) is 39.7 Å². The van der Waals surface area contributed by atoms with E-state index in [1.165, 1.54) is 0 Å². The van der Waals surface area contributed by atoms with E-state index in [2.05, 4.69) is 5.32 Å². The van der Waals surface area contributed by atoms with Gasteiger partial charge >= 0.3 is 0 Å². The summed E-state index contributed by atoms with van der Waals surface area (Å²) < 4.78 is 16.0. The van der Waals surface area contributed by atoms with Crippen molar-refractivity contribution in [2.75, 3.05) is 32.8 Å². The average molecular weight is 286 g/mol. The zero-order valence-electron chi connectivity index (χ0n) is 11.4. The smallest absolute Gasteiger partial charge is 0.145 e. The van der Waals surface area contributed by atoms with Gasteiger partial charge in [-0.3, -0.25) is 0 Å². The summed E-state index contributed by atoms with van der Waals surface area (Å²) in [5.41, 5.74) is 0.903. The fourth-order valence-electron chi connectivity index (χ4n) is 2.24. The summed E-state index contributed by atoms with van der Waals surface area (Å²) in [4.78, 5) is 0. The molecule has 1 heterocycles. The third kappa shape index (κ3) is 3.67. The Morgan fingerprint density at radius 1 is 1.16 bits per heavy atom. The Hall–Kier alpha value is -1.13. The Bertz CT molecular complexity index is 417. The van der Waals surface area contributed by atoms with E-state index in [0.29, 0.717) is 16.8 Å². The van der Waals surface area contributed by atoms with Crippen LogP contribution in [0.25, 0.3) is 0 Å². The van der Waals surface area contributed by atoms with E-state index in [4.69, 9.17) is 25.8 Å². The molecule has 1 aliphatic rings. The van der Waals surface area contributed by atoms with Crippen LogP contribution in [-0.2, 0) is 4.74 Å². The van der Waals surface area contributed by atoms with Crippen molar-refractivity contribution in [2.45, 2.75) is 25.3 Å². The van der Waals surface area contributed by atoms with E-state index in [-0.39, 0.29) is 0 Å². The van der Waals surface area contributed by atoms with Gasteiger partial charge in [-0.2, -0.15) is 0 Å². The number of benzene rings is 1. The summed E-state index contributed by atoms with van der Waals surface area (Å²) in [7, 11) is 3.24. The zero-order valence-corrected chi connectivity index (χ0v) is 12.1. The van der Waals surface area contributed by atoms with Crippen LogP contribution in [0.5, 0.6) is 11.5 Å². The average Bonchev–Trinajstić information content (AvgIpc) is 2.68. The minimum Gasteiger partial charge on any atom is -0.495 e. The molecule has 1 saturated heterocycles. The van der Waals surface area contributed by atoms with Crippen molar-refractivity contribution in [3.8, 4) is 11.5 Å². The van der Waals surface area contributed by atoms with Gasteiger partial charge in [0, 0.05) is 25.3 Å². The van der Waals surface area contributed by atoms with E-state index >= 15 is 0 Å². The normalized spacial score (nSPS) is 19.6. The number of hydrogen-bond acceptors (Lipinski definition) is 4. The van der Waals surface area contributed by atoms with Crippen LogP contribution in [0.4, 0.5) is 5.69 Å². The monoisotopic (exact) mass is 285 g/mol. The number of hydrogen-bond donors (Lipinski definition) is 1. The summed E-state index contributed by atoms with van der Waals surface area (Å²) in [6, 6.07) is 4.05. The molecule has 5 heteroatoms. The molecular formula is C14H20ClNO3. The van der Waals surface area contributed by atoms with Gasteiger partial charge < -0.3 is 19.5 Å². The summed E-state index contributed by atoms with van der Waals surface area (Å²) >= 11 is 6.16. The van der Waals surface area contributed by atoms with Crippen LogP contribution in [0, 0.1) is 0 Å². The van der Waals surface area contributed by atoms with Gasteiger partial charge in [-0.25, -0.2) is 0 Å². The molecule has 0 saturated carbocycles. The molecule has 4 nitrogen and oxygen atoms in total. The molecule has 0 aliphatic carbocycles. The first kappa shape index (κ1) is 14.3. The molecule has 0 spiro atoms. The first-order chi connectivity index (χ1) is 9.24. The fraction of sp³-hybridized carbons (Fsp3) is 0.571. The molecule has 1 unspecified atom stereocenters. The lowest BCUT2D eigenvalue weighted by Gasteiger charge is -2.20. The highest BCUT2D eigenvalue weighted by atomic mass is 35.5. The Balaban J connectivity index is 2.16. The Kier molecular flexibility index (Phi) is 5.16. The largest absolute Gasteiger partial charge is 0.495 e. The molecule has 1 fully saturated rings. The maximum Gasteiger partial charge on any atom is 0.145 e. The first-order valence-electron chi connectivity index (χ1n) is 6.50. The molecule has 0 amide bonds. The third-order valence-electron chi connectivity index (χ3n) is 3.29. The van der Waals surface area contributed by atoms with E-state index in [0.717, 1.165) is 43.9 Å². The lowest BCUT2D eigenvalue weighted by Crippen LogP contribution is -2.20. The van der Waals surface area contributed by atoms with Crippen LogP contribution in [0.15, 0.2) is 12.1 Å². The first-order valence-corrected chi connectivity index (χ1v) is 6.88. The van der Waals surface area contributed by atoms with Crippen LogP contribution >= 0.6 is 11.6 Å². The van der Waals surface area contributed by atoms with Crippen molar-refractivity contribution in [2.24, 2.45) is 0 Å². The number of methoxy groups -OCH3 is 2. The molecule has 1 aliphatic heterocycles. The SMILES string of the molecule is COc1cc(OC)c(NC2CCCOCC2)cc1Cl. The standard InChI is InChI=1S/C14H20ClNO3/c1-17-13-9-14(18-2)12(8-11(13)15)16-10-4-3-6-19-7-5-10/h8-10,16H,3-7H2,1-2H3. The van der Waals surface area contributed by atoms with Gasteiger partial charge in [0.1, 0.15) is 11.5 Å². The van der Waals surface area contributed by atoms with Crippen LogP contribution in [0.3, 0.4) is 0 Å². The van der Waals surface area contributed by atoms with Crippen molar-refractivity contribution in [3.63, 3.8) is 0 Å². The van der Waals surface area contributed by atoms with Gasteiger partial charge in [-0.15, -0.1) is 0 Å².